The van der Waals surface area contributed by atoms with Crippen LogP contribution in [-0.4, -0.2) is 51.4 Å². The summed E-state index contributed by atoms with van der Waals surface area (Å²) in [6.07, 6.45) is 0. The van der Waals surface area contributed by atoms with Crippen molar-refractivity contribution in [2.24, 2.45) is 0 Å². The third-order valence-corrected chi connectivity index (χ3v) is 3.25. The molecule has 12 nitrogen and oxygen atoms in total. The number of esters is 3. The minimum atomic E-state index is -0.937. The van der Waals surface area contributed by atoms with E-state index in [4.69, 9.17) is 14.2 Å². The Hall–Kier alpha value is -3.18. The van der Waals surface area contributed by atoms with Gasteiger partial charge in [-0.3, -0.25) is 14.4 Å². The van der Waals surface area contributed by atoms with Crippen molar-refractivity contribution in [2.75, 3.05) is 19.8 Å². The van der Waals surface area contributed by atoms with Gasteiger partial charge in [0.1, 0.15) is 19.8 Å². The first kappa shape index (κ1) is 21.9. The summed E-state index contributed by atoms with van der Waals surface area (Å²) in [5, 5.41) is 0. The van der Waals surface area contributed by atoms with Gasteiger partial charge in [-0.2, -0.15) is 0 Å². The van der Waals surface area contributed by atoms with E-state index in [1.54, 1.807) is 0 Å². The fourth-order valence-corrected chi connectivity index (χ4v) is 2.10. The number of rotatable bonds is 9. The number of ether oxygens (including phenoxy) is 3. The Morgan fingerprint density at radius 2 is 0.815 bits per heavy atom. The Kier molecular flexibility index (Phi) is 8.17. The number of carbonyl (C=O) groups excluding carboxylic acids is 3. The molecule has 0 N–H and O–H groups in total. The van der Waals surface area contributed by atoms with Gasteiger partial charge in [0.05, 0.1) is 19.6 Å². The molecule has 0 aliphatic rings. The molecule has 27 heavy (non-hydrogen) atoms. The first-order chi connectivity index (χ1) is 12.6. The van der Waals surface area contributed by atoms with E-state index in [-0.39, 0.29) is 39.5 Å². The molecule has 1 heterocycles. The van der Waals surface area contributed by atoms with Gasteiger partial charge < -0.3 is 14.2 Å². The number of hydrogen-bond donors (Lipinski definition) is 0. The normalized spacial score (nSPS) is 10.3. The zero-order chi connectivity index (χ0) is 20.6. The van der Waals surface area contributed by atoms with E-state index in [2.05, 4.69) is 0 Å². The zero-order valence-electron chi connectivity index (χ0n) is 15.3. The van der Waals surface area contributed by atoms with Crippen LogP contribution < -0.4 is 17.1 Å². The van der Waals surface area contributed by atoms with Crippen LogP contribution in [0.4, 0.5) is 0 Å². The van der Waals surface area contributed by atoms with Crippen LogP contribution in [0, 0.1) is 0 Å². The molecule has 0 amide bonds. The van der Waals surface area contributed by atoms with E-state index < -0.39 is 35.0 Å². The maximum Gasteiger partial charge on any atom is 0.336 e. The van der Waals surface area contributed by atoms with E-state index in [0.29, 0.717) is 13.7 Å². The van der Waals surface area contributed by atoms with E-state index in [0.717, 1.165) is 0 Å². The van der Waals surface area contributed by atoms with Crippen LogP contribution in [0.15, 0.2) is 14.4 Å². The highest BCUT2D eigenvalue weighted by molar-refractivity contribution is 5.66. The number of hydrogen-bond acceptors (Lipinski definition) is 9. The third kappa shape index (κ3) is 6.56. The second-order valence-electron chi connectivity index (χ2n) is 5.32. The Bertz CT molecular complexity index is 733. The topological polar surface area (TPSA) is 145 Å². The van der Waals surface area contributed by atoms with Gasteiger partial charge in [-0.05, 0) is 0 Å². The molecule has 0 radical (unpaired) electrons. The standard InChI is InChI=1S/C15H21N3O9/c1-10(19)25-7-4-16-13(22)17(5-8-26-11(2)20)15(24)18(14(16)23)6-9-27-12(3)21/h4-9H2,1-3H3. The van der Waals surface area contributed by atoms with Gasteiger partial charge in [-0.15, -0.1) is 0 Å². The maximum absolute atomic E-state index is 12.4. The van der Waals surface area contributed by atoms with Gasteiger partial charge in [-0.25, -0.2) is 28.1 Å². The lowest BCUT2D eigenvalue weighted by atomic mass is 10.5. The molecule has 150 valence electrons. The Morgan fingerprint density at radius 1 is 0.593 bits per heavy atom. The van der Waals surface area contributed by atoms with Gasteiger partial charge in [0.15, 0.2) is 0 Å². The molecular weight excluding hydrogens is 366 g/mol. The van der Waals surface area contributed by atoms with Crippen LogP contribution in [0.25, 0.3) is 0 Å². The SMILES string of the molecule is CC(=O)OCCn1c(=O)n(CCOC(C)=O)c(=O)n(CCOC(C)=O)c1=O. The van der Waals surface area contributed by atoms with Gasteiger partial charge in [-0.1, -0.05) is 0 Å². The summed E-state index contributed by atoms with van der Waals surface area (Å²) in [6, 6.07) is 0. The first-order valence-electron chi connectivity index (χ1n) is 7.99. The van der Waals surface area contributed by atoms with Crippen LogP contribution in [0.1, 0.15) is 20.8 Å². The molecule has 0 aliphatic carbocycles. The summed E-state index contributed by atoms with van der Waals surface area (Å²) < 4.78 is 16.3. The largest absolute Gasteiger partial charge is 0.464 e. The van der Waals surface area contributed by atoms with Gasteiger partial charge in [0.25, 0.3) is 0 Å². The number of nitrogens with zero attached hydrogens (tertiary/aromatic N) is 3. The summed E-state index contributed by atoms with van der Waals surface area (Å²) in [6.45, 7) is 1.90. The first-order valence-corrected chi connectivity index (χ1v) is 7.99. The van der Waals surface area contributed by atoms with E-state index in [1.165, 1.54) is 20.8 Å². The van der Waals surface area contributed by atoms with Crippen LogP contribution in [0.5, 0.6) is 0 Å². The molecule has 0 aliphatic heterocycles. The molecule has 0 aromatic carbocycles. The van der Waals surface area contributed by atoms with Gasteiger partial charge in [0, 0.05) is 20.8 Å². The highest BCUT2D eigenvalue weighted by Gasteiger charge is 2.16. The zero-order valence-corrected chi connectivity index (χ0v) is 15.3. The second-order valence-corrected chi connectivity index (χ2v) is 5.32. The summed E-state index contributed by atoms with van der Waals surface area (Å²) in [5.74, 6) is -1.79. The molecule has 1 aromatic heterocycles. The predicted octanol–water partition coefficient (Wildman–Crippen LogP) is -2.14. The average molecular weight is 387 g/mol. The molecule has 0 unspecified atom stereocenters. The van der Waals surface area contributed by atoms with E-state index >= 15 is 0 Å². The van der Waals surface area contributed by atoms with E-state index in [9.17, 15) is 28.8 Å². The summed E-state index contributed by atoms with van der Waals surface area (Å²) >= 11 is 0. The third-order valence-electron chi connectivity index (χ3n) is 3.25. The minimum Gasteiger partial charge on any atom is -0.464 e. The molecule has 0 atom stereocenters. The Morgan fingerprint density at radius 3 is 1.00 bits per heavy atom. The smallest absolute Gasteiger partial charge is 0.336 e. The summed E-state index contributed by atoms with van der Waals surface area (Å²) in [5.41, 5.74) is -2.81. The highest BCUT2D eigenvalue weighted by atomic mass is 16.5. The fraction of sp³-hybridized carbons (Fsp3) is 0.600. The van der Waals surface area contributed by atoms with Crippen molar-refractivity contribution in [3.8, 4) is 0 Å². The van der Waals surface area contributed by atoms with Gasteiger partial charge in [0.2, 0.25) is 0 Å². The van der Waals surface area contributed by atoms with Gasteiger partial charge >= 0.3 is 35.0 Å². The second kappa shape index (κ2) is 10.1. The highest BCUT2D eigenvalue weighted by Crippen LogP contribution is 1.85. The fourth-order valence-electron chi connectivity index (χ4n) is 2.10. The lowest BCUT2D eigenvalue weighted by Crippen LogP contribution is -2.55. The quantitative estimate of drug-likeness (QED) is 0.342. The molecule has 0 saturated heterocycles. The van der Waals surface area contributed by atoms with Crippen LogP contribution in [0.3, 0.4) is 0 Å². The molecule has 0 fully saturated rings. The summed E-state index contributed by atoms with van der Waals surface area (Å²) in [7, 11) is 0. The molecule has 0 spiro atoms. The number of aromatic nitrogens is 3. The monoisotopic (exact) mass is 387 g/mol. The van der Waals surface area contributed by atoms with Crippen molar-refractivity contribution < 1.29 is 28.6 Å². The van der Waals surface area contributed by atoms with Crippen molar-refractivity contribution in [1.82, 2.24) is 13.7 Å². The summed E-state index contributed by atoms with van der Waals surface area (Å²) in [4.78, 5) is 69.9. The average Bonchev–Trinajstić information content (AvgIpc) is 2.56. The predicted molar refractivity (Wildman–Crippen MR) is 89.1 cm³/mol. The molecule has 0 bridgehead atoms. The van der Waals surface area contributed by atoms with Crippen molar-refractivity contribution in [2.45, 2.75) is 40.4 Å². The lowest BCUT2D eigenvalue weighted by molar-refractivity contribution is -0.142. The molecule has 0 saturated carbocycles. The van der Waals surface area contributed by atoms with Crippen molar-refractivity contribution in [3.63, 3.8) is 0 Å². The number of carbonyl (C=O) groups is 3. The molecule has 1 aromatic rings. The van der Waals surface area contributed by atoms with Crippen LogP contribution in [0.2, 0.25) is 0 Å². The molecule has 1 rings (SSSR count). The minimum absolute atomic E-state index is 0.253. The molecule has 12 heteroatoms. The van der Waals surface area contributed by atoms with Crippen LogP contribution >= 0.6 is 0 Å². The van der Waals surface area contributed by atoms with Crippen molar-refractivity contribution in [3.05, 3.63) is 31.5 Å². The van der Waals surface area contributed by atoms with Crippen molar-refractivity contribution in [1.29, 1.82) is 0 Å². The molecular formula is C15H21N3O9. The van der Waals surface area contributed by atoms with Crippen molar-refractivity contribution >= 4 is 17.9 Å². The Balaban J connectivity index is 3.25. The Labute approximate surface area is 152 Å². The lowest BCUT2D eigenvalue weighted by Gasteiger charge is -2.14. The van der Waals surface area contributed by atoms with Crippen LogP contribution in [-0.2, 0) is 48.2 Å². The maximum atomic E-state index is 12.4. The van der Waals surface area contributed by atoms with E-state index in [1.807, 2.05) is 0 Å².